The number of fused-ring (bicyclic) bond motifs is 3. The molecule has 3 aromatic carbocycles. The lowest BCUT2D eigenvalue weighted by Crippen LogP contribution is -2.24. The highest BCUT2D eigenvalue weighted by atomic mass is 16.1. The molecule has 0 saturated carbocycles. The summed E-state index contributed by atoms with van der Waals surface area (Å²) in [6.07, 6.45) is 5.25. The van der Waals surface area contributed by atoms with Gasteiger partial charge in [0.2, 0.25) is 5.91 Å². The topological polar surface area (TPSA) is 44.9 Å². The number of nitrogens with one attached hydrogen (secondary N) is 2. The van der Waals surface area contributed by atoms with Crippen molar-refractivity contribution in [3.05, 3.63) is 95.2 Å². The van der Waals surface area contributed by atoms with Gasteiger partial charge in [-0.1, -0.05) is 60.7 Å². The maximum Gasteiger partial charge on any atom is 0.224 e. The van der Waals surface area contributed by atoms with E-state index in [0.29, 0.717) is 13.0 Å². The van der Waals surface area contributed by atoms with Gasteiger partial charge in [0.25, 0.3) is 0 Å². The lowest BCUT2D eigenvalue weighted by atomic mass is 9.95. The molecule has 1 aromatic heterocycles. The predicted molar refractivity (Wildman–Crippen MR) is 122 cm³/mol. The molecule has 0 spiro atoms. The average Bonchev–Trinajstić information content (AvgIpc) is 3.17. The minimum absolute atomic E-state index is 0.0543. The summed E-state index contributed by atoms with van der Waals surface area (Å²) in [5, 5.41) is 4.41. The second-order valence-electron chi connectivity index (χ2n) is 8.19. The molecule has 0 unspecified atom stereocenters. The summed E-state index contributed by atoms with van der Waals surface area (Å²) >= 11 is 0. The highest BCUT2D eigenvalue weighted by molar-refractivity contribution is 5.86. The molecule has 3 heteroatoms. The summed E-state index contributed by atoms with van der Waals surface area (Å²) in [4.78, 5) is 16.0. The molecular weight excluding hydrogens is 368 g/mol. The molecular formula is C27H26N2O. The van der Waals surface area contributed by atoms with Crippen LogP contribution in [0.15, 0.2) is 72.8 Å². The minimum Gasteiger partial charge on any atom is -0.358 e. The number of hydrogen-bond acceptors (Lipinski definition) is 1. The molecule has 5 rings (SSSR count). The monoisotopic (exact) mass is 394 g/mol. The van der Waals surface area contributed by atoms with Gasteiger partial charge in [-0.05, 0) is 65.6 Å². The largest absolute Gasteiger partial charge is 0.358 e. The van der Waals surface area contributed by atoms with E-state index in [1.165, 1.54) is 46.1 Å². The van der Waals surface area contributed by atoms with Crippen LogP contribution in [-0.2, 0) is 30.6 Å². The standard InChI is InChI=1S/C27H26N2O/c30-27(17-19-10-13-22(14-11-19)21-6-2-1-3-7-21)28-18-20-12-15-26-24(16-20)23-8-4-5-9-25(23)29-26/h1-3,6-7,10-16,29H,4-5,8-9,17-18H2,(H,28,30). The first kappa shape index (κ1) is 18.7. The van der Waals surface area contributed by atoms with E-state index in [9.17, 15) is 4.79 Å². The summed E-state index contributed by atoms with van der Waals surface area (Å²) in [7, 11) is 0. The number of aromatic nitrogens is 1. The summed E-state index contributed by atoms with van der Waals surface area (Å²) in [5.41, 5.74) is 8.64. The van der Waals surface area contributed by atoms with Crippen molar-refractivity contribution in [1.82, 2.24) is 10.3 Å². The number of amides is 1. The number of benzene rings is 3. The van der Waals surface area contributed by atoms with Gasteiger partial charge in [-0.3, -0.25) is 4.79 Å². The summed E-state index contributed by atoms with van der Waals surface area (Å²) < 4.78 is 0. The Morgan fingerprint density at radius 2 is 1.57 bits per heavy atom. The molecule has 30 heavy (non-hydrogen) atoms. The third-order valence-corrected chi connectivity index (χ3v) is 6.08. The molecule has 4 aromatic rings. The summed E-state index contributed by atoms with van der Waals surface area (Å²) in [5.74, 6) is 0.0543. The Morgan fingerprint density at radius 1 is 0.833 bits per heavy atom. The first-order chi connectivity index (χ1) is 14.8. The number of carbonyl (C=O) groups is 1. The van der Waals surface area contributed by atoms with Crippen molar-refractivity contribution >= 4 is 16.8 Å². The Labute approximate surface area is 177 Å². The van der Waals surface area contributed by atoms with Gasteiger partial charge in [-0.2, -0.15) is 0 Å². The molecule has 1 heterocycles. The van der Waals surface area contributed by atoms with Crippen molar-refractivity contribution in [3.63, 3.8) is 0 Å². The highest BCUT2D eigenvalue weighted by Gasteiger charge is 2.15. The van der Waals surface area contributed by atoms with Gasteiger partial charge in [0.15, 0.2) is 0 Å². The minimum atomic E-state index is 0.0543. The fraction of sp³-hybridized carbons (Fsp3) is 0.222. The van der Waals surface area contributed by atoms with Gasteiger partial charge in [-0.15, -0.1) is 0 Å². The lowest BCUT2D eigenvalue weighted by molar-refractivity contribution is -0.120. The van der Waals surface area contributed by atoms with Crippen molar-refractivity contribution in [1.29, 1.82) is 0 Å². The van der Waals surface area contributed by atoms with Crippen molar-refractivity contribution in [2.24, 2.45) is 0 Å². The van der Waals surface area contributed by atoms with Crippen LogP contribution in [0.1, 0.15) is 35.2 Å². The second kappa shape index (κ2) is 8.19. The van der Waals surface area contributed by atoms with Gasteiger partial charge < -0.3 is 10.3 Å². The number of aryl methyl sites for hydroxylation is 2. The van der Waals surface area contributed by atoms with Crippen LogP contribution in [-0.4, -0.2) is 10.9 Å². The molecule has 3 nitrogen and oxygen atoms in total. The maximum absolute atomic E-state index is 12.5. The number of rotatable bonds is 5. The molecule has 0 fully saturated rings. The van der Waals surface area contributed by atoms with E-state index in [1.54, 1.807) is 0 Å². The first-order valence-corrected chi connectivity index (χ1v) is 10.8. The van der Waals surface area contributed by atoms with Crippen LogP contribution in [0.25, 0.3) is 22.0 Å². The van der Waals surface area contributed by atoms with E-state index in [4.69, 9.17) is 0 Å². The number of carbonyl (C=O) groups excluding carboxylic acids is 1. The van der Waals surface area contributed by atoms with Crippen molar-refractivity contribution in [2.45, 2.75) is 38.6 Å². The van der Waals surface area contributed by atoms with E-state index in [0.717, 1.165) is 24.0 Å². The SMILES string of the molecule is O=C(Cc1ccc(-c2ccccc2)cc1)NCc1ccc2[nH]c3c(c2c1)CCCC3. The Morgan fingerprint density at radius 3 is 2.40 bits per heavy atom. The van der Waals surface area contributed by atoms with Crippen LogP contribution in [0.4, 0.5) is 0 Å². The average molecular weight is 395 g/mol. The van der Waals surface area contributed by atoms with Crippen LogP contribution < -0.4 is 5.32 Å². The first-order valence-electron chi connectivity index (χ1n) is 10.8. The van der Waals surface area contributed by atoms with Crippen molar-refractivity contribution in [3.8, 4) is 11.1 Å². The summed E-state index contributed by atoms with van der Waals surface area (Å²) in [6, 6.07) is 25.0. The Bertz CT molecular complexity index is 1170. The van der Waals surface area contributed by atoms with Gasteiger partial charge >= 0.3 is 0 Å². The number of H-pyrrole nitrogens is 1. The molecule has 0 atom stereocenters. The molecule has 2 N–H and O–H groups in total. The fourth-order valence-corrected chi connectivity index (χ4v) is 4.46. The van der Waals surface area contributed by atoms with Gasteiger partial charge in [0.05, 0.1) is 6.42 Å². The molecule has 1 aliphatic rings. The smallest absolute Gasteiger partial charge is 0.224 e. The molecule has 0 saturated heterocycles. The third kappa shape index (κ3) is 3.88. The van der Waals surface area contributed by atoms with E-state index in [1.807, 2.05) is 30.3 Å². The molecule has 0 bridgehead atoms. The quantitative estimate of drug-likeness (QED) is 0.456. The van der Waals surface area contributed by atoms with Gasteiger partial charge in [0.1, 0.15) is 0 Å². The molecule has 0 aliphatic heterocycles. The van der Waals surface area contributed by atoms with Gasteiger partial charge in [0, 0.05) is 23.1 Å². The Balaban J connectivity index is 1.22. The second-order valence-corrected chi connectivity index (χ2v) is 8.19. The Hall–Kier alpha value is -3.33. The van der Waals surface area contributed by atoms with E-state index in [2.05, 4.69) is 52.8 Å². The molecule has 1 aliphatic carbocycles. The van der Waals surface area contributed by atoms with Crippen LogP contribution in [0.3, 0.4) is 0 Å². The Kier molecular flexibility index (Phi) is 5.10. The maximum atomic E-state index is 12.5. The number of aromatic amines is 1. The zero-order chi connectivity index (χ0) is 20.3. The highest BCUT2D eigenvalue weighted by Crippen LogP contribution is 2.29. The van der Waals surface area contributed by atoms with Crippen molar-refractivity contribution < 1.29 is 4.79 Å². The normalized spacial score (nSPS) is 13.2. The molecule has 1 amide bonds. The lowest BCUT2D eigenvalue weighted by Gasteiger charge is -2.11. The van der Waals surface area contributed by atoms with E-state index >= 15 is 0 Å². The van der Waals surface area contributed by atoms with Crippen LogP contribution in [0.5, 0.6) is 0 Å². The third-order valence-electron chi connectivity index (χ3n) is 6.08. The van der Waals surface area contributed by atoms with E-state index < -0.39 is 0 Å². The van der Waals surface area contributed by atoms with Crippen LogP contribution in [0, 0.1) is 0 Å². The summed E-state index contributed by atoms with van der Waals surface area (Å²) in [6.45, 7) is 0.566. The van der Waals surface area contributed by atoms with Gasteiger partial charge in [-0.25, -0.2) is 0 Å². The van der Waals surface area contributed by atoms with Crippen LogP contribution in [0.2, 0.25) is 0 Å². The molecule has 150 valence electrons. The zero-order valence-corrected chi connectivity index (χ0v) is 17.1. The fourth-order valence-electron chi connectivity index (χ4n) is 4.46. The van der Waals surface area contributed by atoms with Crippen LogP contribution >= 0.6 is 0 Å². The molecule has 0 radical (unpaired) electrons. The zero-order valence-electron chi connectivity index (χ0n) is 17.1. The number of hydrogen-bond donors (Lipinski definition) is 2. The predicted octanol–water partition coefficient (Wildman–Crippen LogP) is 5.57. The van der Waals surface area contributed by atoms with E-state index in [-0.39, 0.29) is 5.91 Å². The van der Waals surface area contributed by atoms with Crippen molar-refractivity contribution in [2.75, 3.05) is 0 Å².